The first kappa shape index (κ1) is 20.1. The average molecular weight is 388 g/mol. The second-order valence-corrected chi connectivity index (χ2v) is 6.59. The maximum atomic E-state index is 12.9. The summed E-state index contributed by atoms with van der Waals surface area (Å²) in [6.07, 6.45) is 0.663. The Balaban J connectivity index is 1.77. The van der Waals surface area contributed by atoms with Crippen LogP contribution in [-0.2, 0) is 4.79 Å². The molecule has 3 rings (SSSR count). The minimum absolute atomic E-state index is 0.136. The van der Waals surface area contributed by atoms with Gasteiger partial charge in [0.2, 0.25) is 5.91 Å². The van der Waals surface area contributed by atoms with Crippen molar-refractivity contribution in [3.63, 3.8) is 0 Å². The van der Waals surface area contributed by atoms with E-state index in [9.17, 15) is 9.59 Å². The molecular formula is C24H24N2O3. The number of hydrogen-bond donors (Lipinski definition) is 2. The lowest BCUT2D eigenvalue weighted by Gasteiger charge is -2.17. The van der Waals surface area contributed by atoms with Crippen LogP contribution in [0.15, 0.2) is 78.9 Å². The zero-order valence-corrected chi connectivity index (χ0v) is 16.5. The van der Waals surface area contributed by atoms with Gasteiger partial charge in [-0.2, -0.15) is 0 Å². The zero-order chi connectivity index (χ0) is 20.6. The van der Waals surface area contributed by atoms with Gasteiger partial charge in [-0.25, -0.2) is 0 Å². The van der Waals surface area contributed by atoms with Crippen LogP contribution in [0.1, 0.15) is 35.2 Å². The highest BCUT2D eigenvalue weighted by Gasteiger charge is 2.20. The van der Waals surface area contributed by atoms with Crippen molar-refractivity contribution in [3.8, 4) is 5.75 Å². The quantitative estimate of drug-likeness (QED) is 0.593. The standard InChI is InChI=1S/C24H24N2O3/c1-3-20(17-9-5-4-6-10-17)23(27)26-22-12-8-7-11-21(22)24(28)25-18-13-15-19(29-2)16-14-18/h4-16,20H,3H2,1-2H3,(H,25,28)(H,26,27)/t20-/m1/s1. The molecule has 0 heterocycles. The van der Waals surface area contributed by atoms with Crippen molar-refractivity contribution in [2.24, 2.45) is 0 Å². The van der Waals surface area contributed by atoms with E-state index in [4.69, 9.17) is 4.74 Å². The fourth-order valence-corrected chi connectivity index (χ4v) is 3.14. The smallest absolute Gasteiger partial charge is 0.257 e. The van der Waals surface area contributed by atoms with E-state index < -0.39 is 0 Å². The van der Waals surface area contributed by atoms with E-state index in [1.807, 2.05) is 37.3 Å². The maximum Gasteiger partial charge on any atom is 0.257 e. The van der Waals surface area contributed by atoms with Gasteiger partial charge in [0.15, 0.2) is 0 Å². The van der Waals surface area contributed by atoms with Crippen molar-refractivity contribution >= 4 is 23.2 Å². The van der Waals surface area contributed by atoms with Crippen molar-refractivity contribution in [1.82, 2.24) is 0 Å². The highest BCUT2D eigenvalue weighted by molar-refractivity contribution is 6.10. The number of benzene rings is 3. The summed E-state index contributed by atoms with van der Waals surface area (Å²) in [6, 6.07) is 23.7. The minimum Gasteiger partial charge on any atom is -0.497 e. The Bertz CT molecular complexity index is 969. The van der Waals surface area contributed by atoms with Gasteiger partial charge in [-0.05, 0) is 48.4 Å². The van der Waals surface area contributed by atoms with Gasteiger partial charge in [-0.3, -0.25) is 9.59 Å². The van der Waals surface area contributed by atoms with E-state index in [-0.39, 0.29) is 17.7 Å². The fourth-order valence-electron chi connectivity index (χ4n) is 3.14. The number of para-hydroxylation sites is 1. The number of carbonyl (C=O) groups is 2. The summed E-state index contributed by atoms with van der Waals surface area (Å²) in [5, 5.41) is 5.78. The lowest BCUT2D eigenvalue weighted by Crippen LogP contribution is -2.23. The predicted molar refractivity (Wildman–Crippen MR) is 115 cm³/mol. The summed E-state index contributed by atoms with van der Waals surface area (Å²) >= 11 is 0. The van der Waals surface area contributed by atoms with Gasteiger partial charge >= 0.3 is 0 Å². The van der Waals surface area contributed by atoms with Crippen LogP contribution in [0.4, 0.5) is 11.4 Å². The van der Waals surface area contributed by atoms with E-state index in [0.29, 0.717) is 29.1 Å². The first-order valence-electron chi connectivity index (χ1n) is 9.52. The van der Waals surface area contributed by atoms with Crippen LogP contribution in [0.3, 0.4) is 0 Å². The summed E-state index contributed by atoms with van der Waals surface area (Å²) < 4.78 is 5.13. The topological polar surface area (TPSA) is 67.4 Å². The third kappa shape index (κ3) is 5.02. The van der Waals surface area contributed by atoms with Crippen LogP contribution in [0.5, 0.6) is 5.75 Å². The molecule has 0 unspecified atom stereocenters. The SMILES string of the molecule is CC[C@@H](C(=O)Nc1ccccc1C(=O)Nc1ccc(OC)cc1)c1ccccc1. The van der Waals surface area contributed by atoms with Crippen molar-refractivity contribution < 1.29 is 14.3 Å². The Hall–Kier alpha value is -3.60. The molecule has 0 aliphatic rings. The number of hydrogen-bond acceptors (Lipinski definition) is 3. The molecule has 0 saturated carbocycles. The third-order valence-corrected chi connectivity index (χ3v) is 4.70. The molecule has 29 heavy (non-hydrogen) atoms. The summed E-state index contributed by atoms with van der Waals surface area (Å²) in [6.45, 7) is 1.97. The van der Waals surface area contributed by atoms with E-state index in [0.717, 1.165) is 5.56 Å². The number of nitrogens with one attached hydrogen (secondary N) is 2. The lowest BCUT2D eigenvalue weighted by atomic mass is 9.95. The van der Waals surface area contributed by atoms with E-state index in [1.54, 1.807) is 55.6 Å². The summed E-state index contributed by atoms with van der Waals surface area (Å²) in [5.74, 6) is -0.00156. The van der Waals surface area contributed by atoms with Gasteiger partial charge in [-0.15, -0.1) is 0 Å². The minimum atomic E-state index is -0.293. The average Bonchev–Trinajstić information content (AvgIpc) is 2.76. The van der Waals surface area contributed by atoms with Gasteiger partial charge in [0, 0.05) is 5.69 Å². The van der Waals surface area contributed by atoms with Gasteiger partial charge < -0.3 is 15.4 Å². The third-order valence-electron chi connectivity index (χ3n) is 4.70. The largest absolute Gasteiger partial charge is 0.497 e. The Kier molecular flexibility index (Phi) is 6.63. The lowest BCUT2D eigenvalue weighted by molar-refractivity contribution is -0.117. The molecule has 1 atom stereocenters. The van der Waals surface area contributed by atoms with Gasteiger partial charge in [0.1, 0.15) is 5.75 Å². The number of ether oxygens (including phenoxy) is 1. The summed E-state index contributed by atoms with van der Waals surface area (Å²) in [4.78, 5) is 25.7. The number of anilines is 2. The van der Waals surface area contributed by atoms with Crippen molar-refractivity contribution in [1.29, 1.82) is 0 Å². The predicted octanol–water partition coefficient (Wildman–Crippen LogP) is 5.08. The Morgan fingerprint density at radius 3 is 2.17 bits per heavy atom. The van der Waals surface area contributed by atoms with E-state index in [1.165, 1.54) is 0 Å². The van der Waals surface area contributed by atoms with Crippen LogP contribution in [-0.4, -0.2) is 18.9 Å². The highest BCUT2D eigenvalue weighted by atomic mass is 16.5. The normalized spacial score (nSPS) is 11.4. The van der Waals surface area contributed by atoms with Gasteiger partial charge in [0.05, 0.1) is 24.3 Å². The molecule has 148 valence electrons. The summed E-state index contributed by atoms with van der Waals surface area (Å²) in [7, 11) is 1.59. The second kappa shape index (κ2) is 9.55. The molecule has 0 fully saturated rings. The van der Waals surface area contributed by atoms with Crippen LogP contribution in [0.25, 0.3) is 0 Å². The molecule has 0 spiro atoms. The number of methoxy groups -OCH3 is 1. The van der Waals surface area contributed by atoms with Crippen LogP contribution in [0, 0.1) is 0 Å². The van der Waals surface area contributed by atoms with Crippen LogP contribution < -0.4 is 15.4 Å². The molecule has 0 saturated heterocycles. The molecule has 2 N–H and O–H groups in total. The van der Waals surface area contributed by atoms with Crippen molar-refractivity contribution in [2.45, 2.75) is 19.3 Å². The fraction of sp³-hybridized carbons (Fsp3) is 0.167. The molecule has 5 nitrogen and oxygen atoms in total. The number of carbonyl (C=O) groups excluding carboxylic acids is 2. The first-order chi connectivity index (χ1) is 14.1. The highest BCUT2D eigenvalue weighted by Crippen LogP contribution is 2.24. The molecule has 0 aromatic heterocycles. The maximum absolute atomic E-state index is 12.9. The molecule has 3 aromatic carbocycles. The molecule has 5 heteroatoms. The molecule has 0 bridgehead atoms. The van der Waals surface area contributed by atoms with Gasteiger partial charge in [-0.1, -0.05) is 49.4 Å². The molecule has 0 aliphatic heterocycles. The number of amides is 2. The molecule has 0 radical (unpaired) electrons. The van der Waals surface area contributed by atoms with Crippen molar-refractivity contribution in [2.75, 3.05) is 17.7 Å². The van der Waals surface area contributed by atoms with Crippen LogP contribution in [0.2, 0.25) is 0 Å². The van der Waals surface area contributed by atoms with Crippen LogP contribution >= 0.6 is 0 Å². The molecule has 2 amide bonds. The van der Waals surface area contributed by atoms with Gasteiger partial charge in [0.25, 0.3) is 5.91 Å². The molecule has 3 aromatic rings. The zero-order valence-electron chi connectivity index (χ0n) is 16.5. The molecule has 0 aliphatic carbocycles. The Morgan fingerprint density at radius 1 is 0.862 bits per heavy atom. The van der Waals surface area contributed by atoms with Crippen molar-refractivity contribution in [3.05, 3.63) is 90.0 Å². The van der Waals surface area contributed by atoms with E-state index in [2.05, 4.69) is 10.6 Å². The first-order valence-corrected chi connectivity index (χ1v) is 9.52. The summed E-state index contributed by atoms with van der Waals surface area (Å²) in [5.41, 5.74) is 2.48. The Morgan fingerprint density at radius 2 is 1.52 bits per heavy atom. The Labute approximate surface area is 170 Å². The van der Waals surface area contributed by atoms with E-state index >= 15 is 0 Å². The number of rotatable bonds is 7. The molecular weight excluding hydrogens is 364 g/mol. The second-order valence-electron chi connectivity index (χ2n) is 6.59. The monoisotopic (exact) mass is 388 g/mol.